The number of hydrogen-bond acceptors (Lipinski definition) is 4. The number of benzene rings is 2. The number of carbonyl (C=O) groups is 1. The van der Waals surface area contributed by atoms with Gasteiger partial charge in [0.05, 0.1) is 12.1 Å². The molecule has 6 heteroatoms. The lowest BCUT2D eigenvalue weighted by molar-refractivity contribution is -0.115. The van der Waals surface area contributed by atoms with Crippen LogP contribution in [-0.2, 0) is 24.3 Å². The average molecular weight is 398 g/mol. The van der Waals surface area contributed by atoms with Crippen LogP contribution >= 0.6 is 11.3 Å². The van der Waals surface area contributed by atoms with E-state index in [1.165, 1.54) is 17.4 Å². The van der Waals surface area contributed by atoms with Crippen LogP contribution in [0.1, 0.15) is 27.4 Å². The summed E-state index contributed by atoms with van der Waals surface area (Å²) in [4.78, 5) is 18.9. The fourth-order valence-corrected chi connectivity index (χ4v) is 3.74. The molecule has 1 aromatic heterocycles. The third-order valence-electron chi connectivity index (χ3n) is 4.41. The molecule has 4 nitrogen and oxygen atoms in total. The van der Waals surface area contributed by atoms with E-state index in [0.717, 1.165) is 27.5 Å². The van der Waals surface area contributed by atoms with Gasteiger partial charge < -0.3 is 5.32 Å². The van der Waals surface area contributed by atoms with Crippen LogP contribution in [-0.4, -0.2) is 22.8 Å². The van der Waals surface area contributed by atoms with Crippen molar-refractivity contribution in [2.24, 2.45) is 0 Å². The van der Waals surface area contributed by atoms with E-state index in [4.69, 9.17) is 0 Å². The van der Waals surface area contributed by atoms with E-state index in [9.17, 15) is 9.18 Å². The number of aromatic nitrogens is 1. The van der Waals surface area contributed by atoms with E-state index in [2.05, 4.69) is 10.3 Å². The Morgan fingerprint density at radius 1 is 1.18 bits per heavy atom. The molecular weight excluding hydrogens is 373 g/mol. The third-order valence-corrected chi connectivity index (χ3v) is 5.31. The number of carbonyl (C=O) groups excluding carboxylic acids is 1. The van der Waals surface area contributed by atoms with Crippen LogP contribution in [0.4, 0.5) is 10.1 Å². The minimum atomic E-state index is -0.198. The van der Waals surface area contributed by atoms with Gasteiger partial charge in [-0.05, 0) is 44.2 Å². The van der Waals surface area contributed by atoms with Crippen LogP contribution in [0.25, 0.3) is 0 Å². The third kappa shape index (κ3) is 5.47. The number of hydrogen-bond donors (Lipinski definition) is 1. The maximum atomic E-state index is 13.8. The lowest BCUT2D eigenvalue weighted by atomic mass is 10.1. The van der Waals surface area contributed by atoms with Gasteiger partial charge in [-0.1, -0.05) is 30.3 Å². The van der Waals surface area contributed by atoms with Gasteiger partial charge in [-0.2, -0.15) is 0 Å². The Kier molecular flexibility index (Phi) is 6.54. The molecule has 0 saturated heterocycles. The smallest absolute Gasteiger partial charge is 0.231 e. The Morgan fingerprint density at radius 2 is 1.96 bits per heavy atom. The molecule has 0 saturated carbocycles. The molecule has 1 amide bonds. The van der Waals surface area contributed by atoms with Gasteiger partial charge >= 0.3 is 0 Å². The van der Waals surface area contributed by atoms with Crippen LogP contribution in [0.15, 0.2) is 47.8 Å². The zero-order chi connectivity index (χ0) is 20.1. The second-order valence-corrected chi connectivity index (χ2v) is 7.98. The Bertz CT molecular complexity index is 970. The summed E-state index contributed by atoms with van der Waals surface area (Å²) in [5.74, 6) is -0.272. The Labute approximate surface area is 169 Å². The monoisotopic (exact) mass is 397 g/mol. The molecule has 0 aliphatic carbocycles. The molecule has 3 rings (SSSR count). The molecule has 0 spiro atoms. The van der Waals surface area contributed by atoms with Crippen molar-refractivity contribution in [3.63, 3.8) is 0 Å². The van der Waals surface area contributed by atoms with Crippen LogP contribution in [0.3, 0.4) is 0 Å². The average Bonchev–Trinajstić information content (AvgIpc) is 3.06. The number of anilines is 1. The van der Waals surface area contributed by atoms with Crippen LogP contribution in [0.2, 0.25) is 0 Å². The first-order chi connectivity index (χ1) is 13.4. The minimum Gasteiger partial charge on any atom is -0.325 e. The fraction of sp³-hybridized carbons (Fsp3) is 0.273. The zero-order valence-corrected chi connectivity index (χ0v) is 17.1. The highest BCUT2D eigenvalue weighted by Crippen LogP contribution is 2.18. The molecule has 0 unspecified atom stereocenters. The number of rotatable bonds is 7. The Hall–Kier alpha value is -2.57. The summed E-state index contributed by atoms with van der Waals surface area (Å²) in [6.45, 7) is 5.08. The molecule has 146 valence electrons. The van der Waals surface area contributed by atoms with Crippen LogP contribution in [0.5, 0.6) is 0 Å². The maximum absolute atomic E-state index is 13.8. The van der Waals surface area contributed by atoms with Gasteiger partial charge in [0.1, 0.15) is 10.8 Å². The molecular formula is C22H24FN3OS. The predicted molar refractivity (Wildman–Crippen MR) is 112 cm³/mol. The molecule has 0 atom stereocenters. The zero-order valence-electron chi connectivity index (χ0n) is 16.3. The van der Waals surface area contributed by atoms with Crippen molar-refractivity contribution in [3.8, 4) is 0 Å². The second-order valence-electron chi connectivity index (χ2n) is 7.04. The molecule has 0 aliphatic heterocycles. The molecule has 0 fully saturated rings. The van der Waals surface area contributed by atoms with E-state index in [-0.39, 0.29) is 18.1 Å². The molecule has 2 aromatic carbocycles. The first kappa shape index (κ1) is 20.2. The largest absolute Gasteiger partial charge is 0.325 e. The summed E-state index contributed by atoms with van der Waals surface area (Å²) in [6.07, 6.45) is 0.245. The van der Waals surface area contributed by atoms with Crippen molar-refractivity contribution in [3.05, 3.63) is 81.1 Å². The van der Waals surface area contributed by atoms with Gasteiger partial charge in [-0.25, -0.2) is 9.37 Å². The highest BCUT2D eigenvalue weighted by molar-refractivity contribution is 7.09. The van der Waals surface area contributed by atoms with E-state index >= 15 is 0 Å². The first-order valence-corrected chi connectivity index (χ1v) is 10.0. The number of aryl methyl sites for hydroxylation is 2. The quantitative estimate of drug-likeness (QED) is 0.628. The summed E-state index contributed by atoms with van der Waals surface area (Å²) in [7, 11) is 1.93. The number of amides is 1. The van der Waals surface area contributed by atoms with Crippen molar-refractivity contribution in [1.29, 1.82) is 0 Å². The molecule has 1 N–H and O–H groups in total. The lowest BCUT2D eigenvalue weighted by Crippen LogP contribution is -2.18. The van der Waals surface area contributed by atoms with Crippen LogP contribution < -0.4 is 5.32 Å². The molecule has 0 radical (unpaired) electrons. The summed E-state index contributed by atoms with van der Waals surface area (Å²) < 4.78 is 13.8. The highest BCUT2D eigenvalue weighted by atomic mass is 32.1. The Balaban J connectivity index is 1.55. The van der Waals surface area contributed by atoms with Crippen molar-refractivity contribution >= 4 is 22.9 Å². The molecule has 3 aromatic rings. The first-order valence-electron chi connectivity index (χ1n) is 9.13. The van der Waals surface area contributed by atoms with Gasteiger partial charge in [0, 0.05) is 29.7 Å². The highest BCUT2D eigenvalue weighted by Gasteiger charge is 2.12. The van der Waals surface area contributed by atoms with E-state index in [1.54, 1.807) is 12.1 Å². The van der Waals surface area contributed by atoms with E-state index in [0.29, 0.717) is 18.7 Å². The van der Waals surface area contributed by atoms with Crippen molar-refractivity contribution in [1.82, 2.24) is 9.88 Å². The molecule has 28 heavy (non-hydrogen) atoms. The van der Waals surface area contributed by atoms with Crippen molar-refractivity contribution in [2.45, 2.75) is 33.4 Å². The number of nitrogens with one attached hydrogen (secondary N) is 1. The van der Waals surface area contributed by atoms with Crippen molar-refractivity contribution < 1.29 is 9.18 Å². The summed E-state index contributed by atoms with van der Waals surface area (Å²) >= 11 is 1.47. The van der Waals surface area contributed by atoms with E-state index in [1.807, 2.05) is 55.4 Å². The summed E-state index contributed by atoms with van der Waals surface area (Å²) in [6, 6.07) is 12.8. The van der Waals surface area contributed by atoms with Gasteiger partial charge in [-0.3, -0.25) is 9.69 Å². The lowest BCUT2D eigenvalue weighted by Gasteiger charge is -2.15. The van der Waals surface area contributed by atoms with Crippen molar-refractivity contribution in [2.75, 3.05) is 12.4 Å². The fourth-order valence-electron chi connectivity index (χ4n) is 2.95. The van der Waals surface area contributed by atoms with E-state index < -0.39 is 0 Å². The molecule has 0 aliphatic rings. The minimum absolute atomic E-state index is 0.0747. The maximum Gasteiger partial charge on any atom is 0.231 e. The number of thiazole rings is 1. The molecule has 0 bridgehead atoms. The Morgan fingerprint density at radius 3 is 2.75 bits per heavy atom. The second kappa shape index (κ2) is 9.08. The standard InChI is InChI=1S/C22H24FN3OS/c1-15-8-9-16(2)20(10-15)25-21(27)11-22-24-18(14-28-22)13-26(3)12-17-6-4-5-7-19(17)23/h4-10,14H,11-13H2,1-3H3,(H,25,27). The number of halogens is 1. The van der Waals surface area contributed by atoms with Gasteiger partial charge in [0.15, 0.2) is 0 Å². The summed E-state index contributed by atoms with van der Waals surface area (Å²) in [5.41, 5.74) is 4.53. The van der Waals surface area contributed by atoms with Gasteiger partial charge in [0.2, 0.25) is 5.91 Å². The SMILES string of the molecule is Cc1ccc(C)c(NC(=O)Cc2nc(CN(C)Cc3ccccc3F)cs2)c1. The summed E-state index contributed by atoms with van der Waals surface area (Å²) in [5, 5.41) is 5.70. The van der Waals surface area contributed by atoms with Crippen LogP contribution in [0, 0.1) is 19.7 Å². The predicted octanol–water partition coefficient (Wildman–Crippen LogP) is 4.71. The van der Waals surface area contributed by atoms with Gasteiger partial charge in [-0.15, -0.1) is 11.3 Å². The molecule has 1 heterocycles. The number of nitrogens with zero attached hydrogens (tertiary/aromatic N) is 2. The topological polar surface area (TPSA) is 45.2 Å². The normalized spacial score (nSPS) is 11.0. The van der Waals surface area contributed by atoms with Gasteiger partial charge in [0.25, 0.3) is 0 Å².